The van der Waals surface area contributed by atoms with E-state index in [4.69, 9.17) is 23.2 Å². The first-order chi connectivity index (χ1) is 6.59. The van der Waals surface area contributed by atoms with E-state index in [1.54, 1.807) is 31.2 Å². The molecule has 5 heteroatoms. The van der Waals surface area contributed by atoms with E-state index in [2.05, 4.69) is 9.99 Å². The van der Waals surface area contributed by atoms with Gasteiger partial charge < -0.3 is 4.84 Å². The molecule has 1 rings (SSSR count). The molecule has 0 unspecified atom stereocenters. The Morgan fingerprint density at radius 3 is 2.43 bits per heavy atom. The molecule has 14 heavy (non-hydrogen) atoms. The molecule has 0 saturated carbocycles. The molecule has 0 heterocycles. The van der Waals surface area contributed by atoms with Gasteiger partial charge >= 0.3 is 5.43 Å². The molecule has 1 aromatic carbocycles. The lowest BCUT2D eigenvalue weighted by atomic mass is 10.1. The third-order valence-electron chi connectivity index (χ3n) is 1.52. The van der Waals surface area contributed by atoms with Gasteiger partial charge in [0.25, 0.3) is 0 Å². The summed E-state index contributed by atoms with van der Waals surface area (Å²) in [7, 11) is 0. The van der Waals surface area contributed by atoms with Gasteiger partial charge in [-0.1, -0.05) is 28.9 Å². The number of hydrogen-bond donors (Lipinski definition) is 0. The minimum atomic E-state index is -0.960. The van der Waals surface area contributed by atoms with E-state index >= 15 is 0 Å². The van der Waals surface area contributed by atoms with Crippen molar-refractivity contribution in [2.45, 2.75) is 6.92 Å². The Balaban J connectivity index is 2.78. The summed E-state index contributed by atoms with van der Waals surface area (Å²) in [6.07, 6.45) is 0. The van der Waals surface area contributed by atoms with Crippen LogP contribution in [-0.4, -0.2) is 11.1 Å². The molecule has 0 bridgehead atoms. The van der Waals surface area contributed by atoms with Gasteiger partial charge in [0.15, 0.2) is 0 Å². The van der Waals surface area contributed by atoms with Crippen molar-refractivity contribution >= 4 is 34.3 Å². The summed E-state index contributed by atoms with van der Waals surface area (Å²) in [5.41, 5.74) is 0.404. The molecule has 0 spiro atoms. The quantitative estimate of drug-likeness (QED) is 0.339. The van der Waals surface area contributed by atoms with Gasteiger partial charge in [0.1, 0.15) is 0 Å². The zero-order chi connectivity index (χ0) is 10.6. The predicted octanol–water partition coefficient (Wildman–Crippen LogP) is 3.44. The van der Waals surface area contributed by atoms with E-state index in [-0.39, 0.29) is 0 Å². The minimum absolute atomic E-state index is 0.552. The fourth-order valence-corrected chi connectivity index (χ4v) is 1.01. The van der Waals surface area contributed by atoms with Gasteiger partial charge in [0, 0.05) is 16.6 Å². The van der Waals surface area contributed by atoms with Gasteiger partial charge in [-0.25, -0.2) is 4.79 Å². The fraction of sp³-hybridized carbons (Fsp3) is 0.111. The Kier molecular flexibility index (Phi) is 3.92. The van der Waals surface area contributed by atoms with E-state index in [9.17, 15) is 4.79 Å². The van der Waals surface area contributed by atoms with Crippen LogP contribution in [0.4, 0.5) is 4.79 Å². The van der Waals surface area contributed by atoms with Crippen molar-refractivity contribution in [3.8, 4) is 0 Å². The Hall–Kier alpha value is -1.06. The summed E-state index contributed by atoms with van der Waals surface area (Å²) in [5, 5.41) is 4.15. The summed E-state index contributed by atoms with van der Waals surface area (Å²) in [4.78, 5) is 14.5. The molecule has 0 atom stereocenters. The second-order valence-electron chi connectivity index (χ2n) is 2.51. The molecule has 0 aliphatic carbocycles. The summed E-state index contributed by atoms with van der Waals surface area (Å²) >= 11 is 10.6. The highest BCUT2D eigenvalue weighted by Crippen LogP contribution is 2.10. The van der Waals surface area contributed by atoms with Crippen LogP contribution in [0.2, 0.25) is 5.02 Å². The molecule has 1 aromatic rings. The summed E-state index contributed by atoms with van der Waals surface area (Å²) in [5.74, 6) is 0. The average molecular weight is 232 g/mol. The van der Waals surface area contributed by atoms with Crippen LogP contribution in [-0.2, 0) is 4.84 Å². The van der Waals surface area contributed by atoms with Crippen molar-refractivity contribution in [3.05, 3.63) is 34.9 Å². The van der Waals surface area contributed by atoms with E-state index in [1.165, 1.54) is 0 Å². The molecule has 0 amide bonds. The largest absolute Gasteiger partial charge is 0.429 e. The maximum Gasteiger partial charge on any atom is 0.429 e. The lowest BCUT2D eigenvalue weighted by Gasteiger charge is -1.98. The van der Waals surface area contributed by atoms with Gasteiger partial charge in [-0.05, 0) is 24.6 Å². The number of carbonyl (C=O) groups excluding carboxylic acids is 1. The highest BCUT2D eigenvalue weighted by Gasteiger charge is 1.99. The van der Waals surface area contributed by atoms with Crippen LogP contribution in [0.25, 0.3) is 0 Å². The number of oxime groups is 1. The Morgan fingerprint density at radius 1 is 1.36 bits per heavy atom. The van der Waals surface area contributed by atoms with Crippen LogP contribution in [0.5, 0.6) is 0 Å². The molecule has 0 N–H and O–H groups in total. The lowest BCUT2D eigenvalue weighted by molar-refractivity contribution is 0.178. The number of halogens is 2. The highest BCUT2D eigenvalue weighted by molar-refractivity contribution is 6.61. The molecule has 0 aliphatic rings. The molecular weight excluding hydrogens is 225 g/mol. The van der Waals surface area contributed by atoms with Gasteiger partial charge in [-0.3, -0.25) is 0 Å². The summed E-state index contributed by atoms with van der Waals surface area (Å²) < 4.78 is 0. The Labute approximate surface area is 91.3 Å². The average Bonchev–Trinajstić information content (AvgIpc) is 2.15. The third-order valence-corrected chi connectivity index (χ3v) is 1.84. The zero-order valence-electron chi connectivity index (χ0n) is 7.33. The number of rotatable bonds is 2. The number of hydrogen-bond acceptors (Lipinski definition) is 3. The third kappa shape index (κ3) is 3.36. The van der Waals surface area contributed by atoms with Crippen LogP contribution in [0.3, 0.4) is 0 Å². The summed E-state index contributed by atoms with van der Waals surface area (Å²) in [6, 6.07) is 6.98. The molecule has 0 radical (unpaired) electrons. The highest BCUT2D eigenvalue weighted by atomic mass is 35.5. The second kappa shape index (κ2) is 4.98. The predicted molar refractivity (Wildman–Crippen MR) is 56.0 cm³/mol. The molecule has 3 nitrogen and oxygen atoms in total. The summed E-state index contributed by atoms with van der Waals surface area (Å²) in [6.45, 7) is 1.70. The fourth-order valence-electron chi connectivity index (χ4n) is 0.848. The molecule has 0 aliphatic heterocycles. The topological polar surface area (TPSA) is 38.7 Å². The number of benzene rings is 1. The first kappa shape index (κ1) is 11.0. The van der Waals surface area contributed by atoms with E-state index in [0.717, 1.165) is 5.56 Å². The SMILES string of the molecule is C/C(=N\OC(=O)Cl)c1ccc(Cl)cc1. The van der Waals surface area contributed by atoms with Gasteiger partial charge in [0.2, 0.25) is 0 Å². The zero-order valence-corrected chi connectivity index (χ0v) is 8.84. The monoisotopic (exact) mass is 231 g/mol. The number of nitrogens with zero attached hydrogens (tertiary/aromatic N) is 1. The van der Waals surface area contributed by atoms with Gasteiger partial charge in [0.05, 0.1) is 5.71 Å². The van der Waals surface area contributed by atoms with E-state index in [0.29, 0.717) is 10.7 Å². The smallest absolute Gasteiger partial charge is 0.302 e. The van der Waals surface area contributed by atoms with Crippen molar-refractivity contribution in [2.75, 3.05) is 0 Å². The van der Waals surface area contributed by atoms with Crippen LogP contribution in [0.15, 0.2) is 29.4 Å². The molecule has 0 aromatic heterocycles. The first-order valence-electron chi connectivity index (χ1n) is 3.76. The standard InChI is InChI=1S/C9H7Cl2NO2/c1-6(12-14-9(11)13)7-2-4-8(10)5-3-7/h2-5H,1H3/b12-6+. The molecular formula is C9H7Cl2NO2. The maximum absolute atomic E-state index is 10.2. The second-order valence-corrected chi connectivity index (χ2v) is 3.26. The van der Waals surface area contributed by atoms with E-state index in [1.807, 2.05) is 0 Å². The number of carbonyl (C=O) groups is 1. The van der Waals surface area contributed by atoms with Crippen LogP contribution >= 0.6 is 23.2 Å². The van der Waals surface area contributed by atoms with Crippen LogP contribution in [0, 0.1) is 0 Å². The molecule has 0 fully saturated rings. The van der Waals surface area contributed by atoms with Gasteiger partial charge in [-0.15, -0.1) is 0 Å². The minimum Gasteiger partial charge on any atom is -0.302 e. The van der Waals surface area contributed by atoms with Crippen molar-refractivity contribution in [3.63, 3.8) is 0 Å². The molecule has 74 valence electrons. The van der Waals surface area contributed by atoms with Crippen molar-refractivity contribution in [2.24, 2.45) is 5.16 Å². The van der Waals surface area contributed by atoms with Crippen molar-refractivity contribution < 1.29 is 9.63 Å². The molecule has 0 saturated heterocycles. The van der Waals surface area contributed by atoms with Crippen molar-refractivity contribution in [1.29, 1.82) is 0 Å². The Morgan fingerprint density at radius 2 is 1.93 bits per heavy atom. The van der Waals surface area contributed by atoms with E-state index < -0.39 is 5.43 Å². The van der Waals surface area contributed by atoms with Crippen molar-refractivity contribution in [1.82, 2.24) is 0 Å². The van der Waals surface area contributed by atoms with Crippen LogP contribution in [0.1, 0.15) is 12.5 Å². The first-order valence-corrected chi connectivity index (χ1v) is 4.52. The lowest BCUT2D eigenvalue weighted by Crippen LogP contribution is -1.96. The Bertz CT molecular complexity index is 360. The maximum atomic E-state index is 10.2. The normalized spacial score (nSPS) is 11.2. The van der Waals surface area contributed by atoms with Crippen LogP contribution < -0.4 is 0 Å². The van der Waals surface area contributed by atoms with Gasteiger partial charge in [-0.2, -0.15) is 0 Å².